The highest BCUT2D eigenvalue weighted by Crippen LogP contribution is 2.64. The van der Waals surface area contributed by atoms with Crippen molar-refractivity contribution in [1.82, 2.24) is 0 Å². The first kappa shape index (κ1) is 83.8. The molecule has 0 saturated heterocycles. The molecule has 2 saturated carbocycles. The number of hydrogen-bond donors (Lipinski definition) is 0. The maximum Gasteiger partial charge on any atom is 0.216 e. The lowest BCUT2D eigenvalue weighted by atomic mass is 9.67. The van der Waals surface area contributed by atoms with E-state index >= 15 is 0 Å². The maximum atomic E-state index is 6.74. The molecule has 8 heteroatoms. The first-order valence-electron chi connectivity index (χ1n) is 48.6. The van der Waals surface area contributed by atoms with Gasteiger partial charge in [0.2, 0.25) is 22.8 Å². The van der Waals surface area contributed by atoms with Gasteiger partial charge in [0.1, 0.15) is 72.9 Å². The monoisotopic (exact) mass is 1740 g/mol. The first-order chi connectivity index (χ1) is 64.3. The molecule has 2 spiro atoms. The highest BCUT2D eigenvalue weighted by atomic mass is 16.3. The summed E-state index contributed by atoms with van der Waals surface area (Å²) >= 11 is 0. The largest absolute Gasteiger partial charge is 0.455 e. The van der Waals surface area contributed by atoms with Gasteiger partial charge in [0.25, 0.3) is 0 Å². The second-order valence-electron chi connectivity index (χ2n) is 41.4. The smallest absolute Gasteiger partial charge is 0.216 e. The fraction of sp³-hybridized carbons (Fsp3) is 0.264. The molecular weight excluding hydrogens is 1620 g/mol. The predicted molar refractivity (Wildman–Crippen MR) is 547 cm³/mol. The molecule has 8 nitrogen and oxygen atoms in total. The minimum atomic E-state index is -0.0676. The van der Waals surface area contributed by atoms with Crippen LogP contribution in [-0.2, 0) is 49.9 Å². The second-order valence-corrected chi connectivity index (χ2v) is 41.4. The number of benzene rings is 12. The number of hydrogen-bond acceptors (Lipinski definition) is 4. The minimum Gasteiger partial charge on any atom is -0.455 e. The molecule has 0 unspecified atom stereocenters. The number of para-hydroxylation sites is 1. The highest BCUT2D eigenvalue weighted by molar-refractivity contribution is 6.18. The van der Waals surface area contributed by atoms with Crippen LogP contribution in [0.15, 0.2) is 291 Å². The summed E-state index contributed by atoms with van der Waals surface area (Å²) in [7, 11) is 8.49. The van der Waals surface area contributed by atoms with Crippen LogP contribution in [-0.4, -0.2) is 0 Å². The lowest BCUT2D eigenvalue weighted by Crippen LogP contribution is -2.31. The van der Waals surface area contributed by atoms with E-state index < -0.39 is 0 Å². The molecule has 0 N–H and O–H groups in total. The van der Waals surface area contributed by atoms with E-state index in [1.54, 1.807) is 0 Å². The summed E-state index contributed by atoms with van der Waals surface area (Å²) in [5.41, 5.74) is 49.3. The summed E-state index contributed by atoms with van der Waals surface area (Å²) in [6.45, 7) is 29.2. The van der Waals surface area contributed by atoms with Gasteiger partial charge in [-0.2, -0.15) is 0 Å². The predicted octanol–water partition coefficient (Wildman–Crippen LogP) is 30.8. The lowest BCUT2D eigenvalue weighted by molar-refractivity contribution is -0.660. The van der Waals surface area contributed by atoms with Crippen molar-refractivity contribution in [1.29, 1.82) is 0 Å². The Morgan fingerprint density at radius 2 is 0.639 bits per heavy atom. The second kappa shape index (κ2) is 31.3. The quantitative estimate of drug-likeness (QED) is 0.142. The van der Waals surface area contributed by atoms with Crippen LogP contribution in [0.5, 0.6) is 0 Å². The van der Waals surface area contributed by atoms with Crippen molar-refractivity contribution >= 4 is 87.8 Å². The molecule has 8 heterocycles. The molecule has 26 rings (SSSR count). The number of aryl methyl sites for hydroxylation is 11. The van der Waals surface area contributed by atoms with E-state index in [1.807, 2.05) is 0 Å². The van der Waals surface area contributed by atoms with Crippen molar-refractivity contribution in [3.05, 3.63) is 357 Å². The summed E-state index contributed by atoms with van der Waals surface area (Å²) in [5.74, 6) is 1.16. The van der Waals surface area contributed by atoms with Gasteiger partial charge in [0.15, 0.2) is 24.8 Å². The molecule has 6 aliphatic carbocycles. The minimum absolute atomic E-state index is 0.0187. The van der Waals surface area contributed by atoms with Gasteiger partial charge in [-0.25, -0.2) is 18.3 Å². The summed E-state index contributed by atoms with van der Waals surface area (Å²) in [4.78, 5) is 0. The fourth-order valence-corrected chi connectivity index (χ4v) is 26.2. The van der Waals surface area contributed by atoms with Crippen LogP contribution in [0.3, 0.4) is 0 Å². The number of pyridine rings is 4. The van der Waals surface area contributed by atoms with Crippen molar-refractivity contribution < 1.29 is 35.9 Å². The number of furan rings is 4. The van der Waals surface area contributed by atoms with E-state index in [-0.39, 0.29) is 21.7 Å². The van der Waals surface area contributed by atoms with Crippen LogP contribution >= 0.6 is 0 Å². The maximum absolute atomic E-state index is 6.74. The number of nitrogens with zero attached hydrogens (tertiary/aromatic N) is 4. The van der Waals surface area contributed by atoms with Gasteiger partial charge in [-0.15, -0.1) is 0 Å². The van der Waals surface area contributed by atoms with Gasteiger partial charge in [-0.3, -0.25) is 0 Å². The first-order valence-corrected chi connectivity index (χ1v) is 48.6. The molecule has 133 heavy (non-hydrogen) atoms. The topological polar surface area (TPSA) is 68.1 Å². The van der Waals surface area contributed by atoms with Gasteiger partial charge >= 0.3 is 0 Å². The van der Waals surface area contributed by atoms with Crippen molar-refractivity contribution in [3.8, 4) is 89.5 Å². The molecule has 2 fully saturated rings. The molecule has 20 aromatic rings. The highest BCUT2D eigenvalue weighted by Gasteiger charge is 2.50. The third-order valence-corrected chi connectivity index (χ3v) is 31.5. The van der Waals surface area contributed by atoms with Crippen LogP contribution in [0.25, 0.3) is 177 Å². The van der Waals surface area contributed by atoms with Crippen molar-refractivity contribution in [3.63, 3.8) is 0 Å². The SMILES string of the molecule is Cc1ccc(-c2c(C)ccc3c2oc2cc4c(cc23)-c2ccccc2C42CCCC2)[n+](C)c1.Cc1ccc(-c2c(C)ccc3c2oc2ccc4c(c23)C(C)(C)c2ccccc2-4)[n+](C)c1.Cc1ccc(-c2c(C)ccc3c2oc2ccc4c(c23)C2(CCCC2)c2ccccc2-4)[n+](C)c1.Cc1ccc(-c2cccc3c2oc2ccc4c(c23)C(CC(C)C)(CC(C)C)c2ccccc2-4)[n+](C)c1. The standard InChI is InChI=1S/C34H36NO.2C31H28NO.C29H26NO/c1-21(2)18-34(19-22(3)4)28-13-8-7-10-24(28)25-15-17-30-31(32(25)34)27-12-9-11-26(33(27)36-30)29-16-14-23(5)20-35(29)6;1-19-10-14-25(32(3)18-19)27-20(2)11-12-23-28-26(33-30(23)27)15-13-22-21-8-4-5-9-24(21)31(29(22)28)16-6-7-17-31;1-19-10-13-27(32(3)18-19)29-20(2)11-12-22-24-16-23-21-8-4-5-9-25(21)31(14-6-7-15-31)26(23)17-28(24)33-30(22)29;1-17-10-14-23(30(5)16-17)25-18(2)11-12-21-26-24(31-28(21)25)15-13-20-19-8-6-7-9-22(19)29(3,4)27(20)26/h7-17,20-22H,18-19H2,1-6H3;4-5,8-15,18H,6-7,16-17H2,1-3H3;4-5,8-13,16-18H,6-7,14-15H2,1-3H3;6-16H,1-5H3/q4*+1. The zero-order valence-electron chi connectivity index (χ0n) is 80.1. The molecule has 0 radical (unpaired) electrons. The number of fused-ring (bicyclic) bond motifs is 31. The van der Waals surface area contributed by atoms with Crippen LogP contribution in [0.2, 0.25) is 0 Å². The molecular formula is C125H118N4O4+4. The van der Waals surface area contributed by atoms with Crippen molar-refractivity contribution in [2.75, 3.05) is 0 Å². The third-order valence-electron chi connectivity index (χ3n) is 31.5. The Labute approximate surface area is 780 Å². The normalized spacial score (nSPS) is 15.2. The summed E-state index contributed by atoms with van der Waals surface area (Å²) in [5, 5.41) is 10.0. The molecule has 0 bridgehead atoms. The van der Waals surface area contributed by atoms with Crippen LogP contribution in [0.4, 0.5) is 0 Å². The van der Waals surface area contributed by atoms with Crippen molar-refractivity contribution in [2.24, 2.45) is 40.0 Å². The number of rotatable bonds is 8. The van der Waals surface area contributed by atoms with Gasteiger partial charge in [0, 0.05) is 111 Å². The van der Waals surface area contributed by atoms with Crippen LogP contribution in [0.1, 0.15) is 189 Å². The van der Waals surface area contributed by atoms with Gasteiger partial charge < -0.3 is 17.7 Å². The lowest BCUT2D eigenvalue weighted by Gasteiger charge is -2.36. The number of aromatic nitrogens is 4. The molecule has 0 atom stereocenters. The van der Waals surface area contributed by atoms with E-state index in [0.717, 1.165) is 63.1 Å². The fourth-order valence-electron chi connectivity index (χ4n) is 26.2. The van der Waals surface area contributed by atoms with Gasteiger partial charge in [-0.05, 0) is 265 Å². The Bertz CT molecular complexity index is 8260. The van der Waals surface area contributed by atoms with E-state index in [4.69, 9.17) is 17.7 Å². The molecule has 12 aromatic carbocycles. The Balaban J connectivity index is 0.000000100. The molecule has 8 aromatic heterocycles. The average molecular weight is 1740 g/mol. The van der Waals surface area contributed by atoms with Gasteiger partial charge in [0.05, 0.1) is 22.3 Å². The average Bonchev–Trinajstić information content (AvgIpc) is 1.53. The van der Waals surface area contributed by atoms with E-state index in [1.165, 1.54) is 262 Å². The summed E-state index contributed by atoms with van der Waals surface area (Å²) < 4.78 is 35.6. The van der Waals surface area contributed by atoms with Crippen molar-refractivity contribution in [2.45, 2.75) is 176 Å². The molecule has 0 aliphatic heterocycles. The van der Waals surface area contributed by atoms with Crippen LogP contribution in [0, 0.1) is 60.3 Å². The van der Waals surface area contributed by atoms with E-state index in [0.29, 0.717) is 11.8 Å². The molecule has 6 aliphatic rings. The van der Waals surface area contributed by atoms with E-state index in [2.05, 4.69) is 410 Å². The van der Waals surface area contributed by atoms with Gasteiger partial charge in [-0.1, -0.05) is 231 Å². The zero-order valence-corrected chi connectivity index (χ0v) is 80.1. The Kier molecular flexibility index (Phi) is 19.7. The van der Waals surface area contributed by atoms with E-state index in [9.17, 15) is 0 Å². The Morgan fingerprint density at radius 3 is 1.13 bits per heavy atom. The van der Waals surface area contributed by atoms with Crippen LogP contribution < -0.4 is 18.3 Å². The Morgan fingerprint density at radius 1 is 0.278 bits per heavy atom. The zero-order chi connectivity index (χ0) is 91.3. The third kappa shape index (κ3) is 12.8. The summed E-state index contributed by atoms with van der Waals surface area (Å²) in [6, 6.07) is 92.1. The molecule has 658 valence electrons. The summed E-state index contributed by atoms with van der Waals surface area (Å²) in [6.07, 6.45) is 21.1. The Hall–Kier alpha value is -13.6. The molecule has 0 amide bonds.